The van der Waals surface area contributed by atoms with Crippen LogP contribution in [0.4, 0.5) is 0 Å². The van der Waals surface area contributed by atoms with Gasteiger partial charge in [-0.1, -0.05) is 54.6 Å². The van der Waals surface area contributed by atoms with Crippen LogP contribution in [0.1, 0.15) is 21.5 Å². The Hall–Kier alpha value is -3.98. The summed E-state index contributed by atoms with van der Waals surface area (Å²) in [6, 6.07) is 19.5. The Balaban J connectivity index is 1.81. The Morgan fingerprint density at radius 3 is 2.41 bits per heavy atom. The van der Waals surface area contributed by atoms with Gasteiger partial charge in [0.15, 0.2) is 9.84 Å². The van der Waals surface area contributed by atoms with E-state index in [1.165, 1.54) is 13.3 Å². The molecule has 3 aromatic carbocycles. The van der Waals surface area contributed by atoms with E-state index in [9.17, 15) is 18.0 Å². The second kappa shape index (κ2) is 10.8. The van der Waals surface area contributed by atoms with Gasteiger partial charge >= 0.3 is 5.97 Å². The van der Waals surface area contributed by atoms with Crippen molar-refractivity contribution in [3.8, 4) is 11.1 Å². The molecule has 176 valence electrons. The highest BCUT2D eigenvalue weighted by atomic mass is 32.2. The van der Waals surface area contributed by atoms with Crippen molar-refractivity contribution in [3.05, 3.63) is 89.5 Å². The van der Waals surface area contributed by atoms with Crippen LogP contribution >= 0.6 is 0 Å². The summed E-state index contributed by atoms with van der Waals surface area (Å²) in [7, 11) is -2.16. The minimum atomic E-state index is -3.42. The maximum Gasteiger partial charge on any atom is 0.328 e. The molecule has 34 heavy (non-hydrogen) atoms. The maximum absolute atomic E-state index is 12.9. The first kappa shape index (κ1) is 24.7. The summed E-state index contributed by atoms with van der Waals surface area (Å²) in [4.78, 5) is 25.4. The van der Waals surface area contributed by atoms with Gasteiger partial charge in [-0.2, -0.15) is 5.10 Å². The number of hydrogen-bond acceptors (Lipinski definition) is 7. The molecular formula is C25H25N3O5S. The number of benzene rings is 3. The van der Waals surface area contributed by atoms with E-state index in [0.29, 0.717) is 16.7 Å². The molecule has 0 aromatic heterocycles. The van der Waals surface area contributed by atoms with Crippen molar-refractivity contribution >= 4 is 27.9 Å². The second-order valence-electron chi connectivity index (χ2n) is 7.62. The smallest absolute Gasteiger partial charge is 0.328 e. The van der Waals surface area contributed by atoms with E-state index in [0.717, 1.165) is 17.4 Å². The number of esters is 1. The first-order valence-electron chi connectivity index (χ1n) is 10.3. The molecule has 0 fully saturated rings. The number of sulfone groups is 1. The molecule has 0 spiro atoms. The fourth-order valence-electron chi connectivity index (χ4n) is 3.53. The van der Waals surface area contributed by atoms with E-state index in [2.05, 4.69) is 10.4 Å². The van der Waals surface area contributed by atoms with Crippen molar-refractivity contribution in [2.75, 3.05) is 13.4 Å². The zero-order valence-corrected chi connectivity index (χ0v) is 19.6. The zero-order valence-electron chi connectivity index (χ0n) is 18.8. The number of amides is 1. The Morgan fingerprint density at radius 2 is 1.76 bits per heavy atom. The van der Waals surface area contributed by atoms with Crippen LogP contribution in [0.3, 0.4) is 0 Å². The topological polar surface area (TPSA) is 128 Å². The number of rotatable bonds is 8. The van der Waals surface area contributed by atoms with Crippen LogP contribution in [0, 0.1) is 0 Å². The molecule has 0 aliphatic heterocycles. The quantitative estimate of drug-likeness (QED) is 0.221. The number of hydrogen-bond donors (Lipinski definition) is 2. The minimum Gasteiger partial charge on any atom is -0.467 e. The molecular weight excluding hydrogens is 454 g/mol. The van der Waals surface area contributed by atoms with Crippen molar-refractivity contribution in [2.45, 2.75) is 17.4 Å². The molecule has 0 saturated carbocycles. The van der Waals surface area contributed by atoms with Crippen LogP contribution in [-0.4, -0.2) is 45.9 Å². The first-order chi connectivity index (χ1) is 16.2. The number of hydrazone groups is 1. The van der Waals surface area contributed by atoms with Gasteiger partial charge < -0.3 is 15.9 Å². The van der Waals surface area contributed by atoms with Crippen LogP contribution in [0.5, 0.6) is 0 Å². The Bertz CT molecular complexity index is 1320. The lowest BCUT2D eigenvalue weighted by Crippen LogP contribution is -2.43. The molecule has 8 nitrogen and oxygen atoms in total. The summed E-state index contributed by atoms with van der Waals surface area (Å²) in [6.07, 6.45) is 2.85. The maximum atomic E-state index is 12.9. The van der Waals surface area contributed by atoms with E-state index in [1.54, 1.807) is 54.6 Å². The van der Waals surface area contributed by atoms with Gasteiger partial charge in [-0.15, -0.1) is 0 Å². The summed E-state index contributed by atoms with van der Waals surface area (Å²) in [5.74, 6) is 4.16. The van der Waals surface area contributed by atoms with Gasteiger partial charge in [0, 0.05) is 23.8 Å². The molecule has 0 unspecified atom stereocenters. The monoisotopic (exact) mass is 479 g/mol. The number of ether oxygens (including phenoxy) is 1. The average Bonchev–Trinajstić information content (AvgIpc) is 2.83. The highest BCUT2D eigenvalue weighted by Crippen LogP contribution is 2.27. The van der Waals surface area contributed by atoms with E-state index in [1.807, 2.05) is 18.2 Å². The lowest BCUT2D eigenvalue weighted by Gasteiger charge is -2.17. The van der Waals surface area contributed by atoms with E-state index >= 15 is 0 Å². The van der Waals surface area contributed by atoms with Crippen LogP contribution in [-0.2, 0) is 25.8 Å². The van der Waals surface area contributed by atoms with Gasteiger partial charge in [-0.25, -0.2) is 13.2 Å². The standard InChI is InChI=1S/C25H25N3O5S/c1-33-25(30)22(15-17-6-5-7-18(14-17)16-27-26)28-24(29)20-12-10-19(11-13-20)21-8-3-4-9-23(21)34(2,31)32/h3-14,16,22H,15,26H2,1-2H3,(H,28,29)/t22-/m0/s1. The second-order valence-corrected chi connectivity index (χ2v) is 9.61. The molecule has 1 amide bonds. The summed E-state index contributed by atoms with van der Waals surface area (Å²) < 4.78 is 29.1. The van der Waals surface area contributed by atoms with Crippen LogP contribution in [0.15, 0.2) is 82.8 Å². The average molecular weight is 480 g/mol. The zero-order chi connectivity index (χ0) is 24.7. The molecule has 9 heteroatoms. The third-order valence-electron chi connectivity index (χ3n) is 5.15. The SMILES string of the molecule is COC(=O)[C@H](Cc1cccc(C=NN)c1)NC(=O)c1ccc(-c2ccccc2S(C)(=O)=O)cc1. The van der Waals surface area contributed by atoms with E-state index in [-0.39, 0.29) is 11.3 Å². The largest absolute Gasteiger partial charge is 0.467 e. The van der Waals surface area contributed by atoms with Crippen molar-refractivity contribution in [1.29, 1.82) is 0 Å². The number of nitrogens with zero attached hydrogens (tertiary/aromatic N) is 1. The first-order valence-corrected chi connectivity index (χ1v) is 12.2. The number of carbonyl (C=O) groups is 2. The van der Waals surface area contributed by atoms with Crippen LogP contribution in [0.25, 0.3) is 11.1 Å². The Labute approximate surface area is 198 Å². The van der Waals surface area contributed by atoms with Crippen LogP contribution in [0.2, 0.25) is 0 Å². The van der Waals surface area contributed by atoms with Gasteiger partial charge in [0.25, 0.3) is 5.91 Å². The van der Waals surface area contributed by atoms with Gasteiger partial charge in [-0.3, -0.25) is 4.79 Å². The molecule has 0 bridgehead atoms. The lowest BCUT2D eigenvalue weighted by molar-refractivity contribution is -0.142. The number of carbonyl (C=O) groups excluding carboxylic acids is 2. The van der Waals surface area contributed by atoms with Crippen molar-refractivity contribution in [2.24, 2.45) is 10.9 Å². The van der Waals surface area contributed by atoms with Gasteiger partial charge in [-0.05, 0) is 34.9 Å². The van der Waals surface area contributed by atoms with Crippen molar-refractivity contribution < 1.29 is 22.7 Å². The van der Waals surface area contributed by atoms with E-state index in [4.69, 9.17) is 10.6 Å². The Morgan fingerprint density at radius 1 is 1.06 bits per heavy atom. The lowest BCUT2D eigenvalue weighted by atomic mass is 10.0. The molecule has 0 heterocycles. The highest BCUT2D eigenvalue weighted by molar-refractivity contribution is 7.90. The Kier molecular flexibility index (Phi) is 7.80. The third-order valence-corrected chi connectivity index (χ3v) is 6.31. The fourth-order valence-corrected chi connectivity index (χ4v) is 4.44. The number of nitrogens with two attached hydrogens (primary N) is 1. The van der Waals surface area contributed by atoms with Crippen molar-refractivity contribution in [3.63, 3.8) is 0 Å². The summed E-state index contributed by atoms with van der Waals surface area (Å²) in [6.45, 7) is 0. The highest BCUT2D eigenvalue weighted by Gasteiger charge is 2.23. The predicted molar refractivity (Wildman–Crippen MR) is 130 cm³/mol. The van der Waals surface area contributed by atoms with E-state index < -0.39 is 27.8 Å². The third kappa shape index (κ3) is 6.08. The van der Waals surface area contributed by atoms with Gasteiger partial charge in [0.05, 0.1) is 18.2 Å². The number of nitrogens with one attached hydrogen (secondary N) is 1. The van der Waals surface area contributed by atoms with Crippen LogP contribution < -0.4 is 11.2 Å². The molecule has 3 N–H and O–H groups in total. The summed E-state index contributed by atoms with van der Waals surface area (Å²) in [5.41, 5.74) is 3.07. The van der Waals surface area contributed by atoms with Gasteiger partial charge in [0.2, 0.25) is 0 Å². The molecule has 0 aliphatic carbocycles. The van der Waals surface area contributed by atoms with Gasteiger partial charge in [0.1, 0.15) is 6.04 Å². The molecule has 0 saturated heterocycles. The summed E-state index contributed by atoms with van der Waals surface area (Å²) in [5, 5.41) is 6.20. The molecule has 3 rings (SSSR count). The number of methoxy groups -OCH3 is 1. The minimum absolute atomic E-state index is 0.208. The molecule has 0 aliphatic rings. The molecule has 1 atom stereocenters. The fraction of sp³-hybridized carbons (Fsp3) is 0.160. The predicted octanol–water partition coefficient (Wildman–Crippen LogP) is 2.56. The molecule has 3 aromatic rings. The summed E-state index contributed by atoms with van der Waals surface area (Å²) >= 11 is 0. The normalized spacial score (nSPS) is 12.3. The molecule has 0 radical (unpaired) electrons. The van der Waals surface area contributed by atoms with Crippen molar-refractivity contribution in [1.82, 2.24) is 5.32 Å².